The zero-order valence-corrected chi connectivity index (χ0v) is 15.4. The largest absolute Gasteiger partial charge is 0.485 e. The van der Waals surface area contributed by atoms with E-state index in [2.05, 4.69) is 9.88 Å². The molecular weight excluding hydrogens is 330 g/mol. The molecule has 6 nitrogen and oxygen atoms in total. The highest BCUT2D eigenvalue weighted by molar-refractivity contribution is 5.95. The highest BCUT2D eigenvalue weighted by atomic mass is 16.5. The van der Waals surface area contributed by atoms with Crippen LogP contribution in [0.1, 0.15) is 41.1 Å². The Balaban J connectivity index is 1.43. The second-order valence-electron chi connectivity index (χ2n) is 7.13. The average molecular weight is 355 g/mol. The third-order valence-electron chi connectivity index (χ3n) is 5.15. The molecule has 0 spiro atoms. The van der Waals surface area contributed by atoms with Gasteiger partial charge in [-0.1, -0.05) is 0 Å². The molecule has 2 aromatic heterocycles. The van der Waals surface area contributed by atoms with Crippen LogP contribution in [0.3, 0.4) is 0 Å². The van der Waals surface area contributed by atoms with Gasteiger partial charge in [-0.15, -0.1) is 0 Å². The molecular formula is C20H25N3O3. The van der Waals surface area contributed by atoms with E-state index in [9.17, 15) is 4.79 Å². The molecule has 2 aromatic rings. The summed E-state index contributed by atoms with van der Waals surface area (Å²) >= 11 is 0. The topological polar surface area (TPSA) is 58.8 Å². The quantitative estimate of drug-likeness (QED) is 0.843. The summed E-state index contributed by atoms with van der Waals surface area (Å²) in [6, 6.07) is 5.71. The molecule has 1 atom stereocenters. The van der Waals surface area contributed by atoms with Gasteiger partial charge in [0.1, 0.15) is 17.6 Å². The lowest BCUT2D eigenvalue weighted by atomic mass is 10.2. The fraction of sp³-hybridized carbons (Fsp3) is 0.500. The van der Waals surface area contributed by atoms with E-state index in [0.29, 0.717) is 24.4 Å². The van der Waals surface area contributed by atoms with Crippen LogP contribution in [-0.2, 0) is 0 Å². The highest BCUT2D eigenvalue weighted by Crippen LogP contribution is 2.30. The van der Waals surface area contributed by atoms with Gasteiger partial charge in [-0.2, -0.15) is 0 Å². The van der Waals surface area contributed by atoms with Gasteiger partial charge in [0.15, 0.2) is 11.6 Å². The Morgan fingerprint density at radius 2 is 2.08 bits per heavy atom. The Hall–Kier alpha value is -2.50. The molecule has 0 saturated carbocycles. The van der Waals surface area contributed by atoms with Crippen molar-refractivity contribution in [2.24, 2.45) is 0 Å². The zero-order valence-electron chi connectivity index (χ0n) is 15.4. The molecule has 0 bridgehead atoms. The number of nitrogens with zero attached hydrogens (tertiary/aromatic N) is 3. The predicted octanol–water partition coefficient (Wildman–Crippen LogP) is 3.19. The van der Waals surface area contributed by atoms with Crippen molar-refractivity contribution >= 4 is 11.7 Å². The molecule has 0 aromatic carbocycles. The number of likely N-dealkylation sites (tertiary alicyclic amines) is 1. The standard InChI is InChI=1S/C20H25N3O3/c1-14-12-17(15(2)25-14)20(24)23-11-7-16(13-23)26-18-6-5-8-21-19(18)22-9-3-4-10-22/h5-6,8,12,16H,3-4,7,9-11,13H2,1-2H3. The lowest BCUT2D eigenvalue weighted by Gasteiger charge is -2.22. The maximum Gasteiger partial charge on any atom is 0.257 e. The number of carbonyl (C=O) groups is 1. The molecule has 2 aliphatic rings. The summed E-state index contributed by atoms with van der Waals surface area (Å²) in [5.74, 6) is 3.22. The second kappa shape index (κ2) is 7.02. The van der Waals surface area contributed by atoms with Gasteiger partial charge in [-0.05, 0) is 44.9 Å². The van der Waals surface area contributed by atoms with Gasteiger partial charge in [-0.25, -0.2) is 4.98 Å². The van der Waals surface area contributed by atoms with Crippen molar-refractivity contribution in [2.45, 2.75) is 39.2 Å². The average Bonchev–Trinajstić information content (AvgIpc) is 3.36. The van der Waals surface area contributed by atoms with Gasteiger partial charge in [0, 0.05) is 32.3 Å². The van der Waals surface area contributed by atoms with Crippen LogP contribution in [0.15, 0.2) is 28.8 Å². The summed E-state index contributed by atoms with van der Waals surface area (Å²) in [4.78, 5) is 21.4. The molecule has 4 rings (SSSR count). The van der Waals surface area contributed by atoms with Crippen molar-refractivity contribution in [2.75, 3.05) is 31.1 Å². The normalized spacial score (nSPS) is 20.0. The number of aryl methyl sites for hydroxylation is 2. The van der Waals surface area contributed by atoms with Crippen LogP contribution in [0.2, 0.25) is 0 Å². The maximum absolute atomic E-state index is 12.7. The summed E-state index contributed by atoms with van der Waals surface area (Å²) in [5.41, 5.74) is 0.655. The number of aromatic nitrogens is 1. The van der Waals surface area contributed by atoms with E-state index < -0.39 is 0 Å². The SMILES string of the molecule is Cc1cc(C(=O)N2CCC(Oc3cccnc3N3CCCC3)C2)c(C)o1. The van der Waals surface area contributed by atoms with Gasteiger partial charge in [-0.3, -0.25) is 4.79 Å². The van der Waals surface area contributed by atoms with Crippen LogP contribution in [0.25, 0.3) is 0 Å². The minimum absolute atomic E-state index is 0.00203. The summed E-state index contributed by atoms with van der Waals surface area (Å²) in [5, 5.41) is 0. The first-order chi connectivity index (χ1) is 12.6. The summed E-state index contributed by atoms with van der Waals surface area (Å²) < 4.78 is 11.7. The van der Waals surface area contributed by atoms with E-state index in [1.165, 1.54) is 12.8 Å². The van der Waals surface area contributed by atoms with E-state index >= 15 is 0 Å². The number of rotatable bonds is 4. The molecule has 2 saturated heterocycles. The van der Waals surface area contributed by atoms with Gasteiger partial charge >= 0.3 is 0 Å². The molecule has 0 N–H and O–H groups in total. The Bertz CT molecular complexity index is 795. The van der Waals surface area contributed by atoms with Gasteiger partial charge in [0.2, 0.25) is 0 Å². The Labute approximate surface area is 153 Å². The Morgan fingerprint density at radius 1 is 1.27 bits per heavy atom. The molecule has 1 unspecified atom stereocenters. The number of hydrogen-bond donors (Lipinski definition) is 0. The molecule has 4 heterocycles. The number of hydrogen-bond acceptors (Lipinski definition) is 5. The Morgan fingerprint density at radius 3 is 2.81 bits per heavy atom. The van der Waals surface area contributed by atoms with Crippen molar-refractivity contribution in [3.8, 4) is 5.75 Å². The molecule has 0 radical (unpaired) electrons. The summed E-state index contributed by atoms with van der Waals surface area (Å²) in [6.45, 7) is 7.05. The van der Waals surface area contributed by atoms with Gasteiger partial charge < -0.3 is 19.0 Å². The fourth-order valence-corrected chi connectivity index (χ4v) is 3.84. The number of furan rings is 1. The monoisotopic (exact) mass is 355 g/mol. The van der Waals surface area contributed by atoms with Crippen LogP contribution in [-0.4, -0.2) is 48.1 Å². The smallest absolute Gasteiger partial charge is 0.257 e. The number of pyridine rings is 1. The van der Waals surface area contributed by atoms with Crippen molar-refractivity contribution in [1.29, 1.82) is 0 Å². The lowest BCUT2D eigenvalue weighted by molar-refractivity contribution is 0.0770. The first-order valence-corrected chi connectivity index (χ1v) is 9.35. The molecule has 26 heavy (non-hydrogen) atoms. The first kappa shape index (κ1) is 16.9. The van der Waals surface area contributed by atoms with Crippen molar-refractivity contribution in [1.82, 2.24) is 9.88 Å². The van der Waals surface area contributed by atoms with Crippen molar-refractivity contribution in [3.05, 3.63) is 41.5 Å². The van der Waals surface area contributed by atoms with Crippen molar-refractivity contribution < 1.29 is 13.9 Å². The molecule has 2 fully saturated rings. The maximum atomic E-state index is 12.7. The van der Waals surface area contributed by atoms with E-state index in [4.69, 9.17) is 9.15 Å². The summed E-state index contributed by atoms with van der Waals surface area (Å²) in [6.07, 6.45) is 5.04. The number of amides is 1. The predicted molar refractivity (Wildman–Crippen MR) is 98.8 cm³/mol. The highest BCUT2D eigenvalue weighted by Gasteiger charge is 2.31. The van der Waals surface area contributed by atoms with Gasteiger partial charge in [0.05, 0.1) is 12.1 Å². The number of ether oxygens (including phenoxy) is 1. The molecule has 138 valence electrons. The Kier molecular flexibility index (Phi) is 4.57. The van der Waals surface area contributed by atoms with E-state index in [1.54, 1.807) is 0 Å². The fourth-order valence-electron chi connectivity index (χ4n) is 3.84. The molecule has 0 aliphatic carbocycles. The van der Waals surface area contributed by atoms with E-state index in [1.807, 2.05) is 43.1 Å². The third kappa shape index (κ3) is 3.28. The van der Waals surface area contributed by atoms with E-state index in [0.717, 1.165) is 36.8 Å². The van der Waals surface area contributed by atoms with Gasteiger partial charge in [0.25, 0.3) is 5.91 Å². The lowest BCUT2D eigenvalue weighted by Crippen LogP contribution is -2.31. The molecule has 1 amide bonds. The van der Waals surface area contributed by atoms with E-state index in [-0.39, 0.29) is 12.0 Å². The van der Waals surface area contributed by atoms with Crippen LogP contribution in [0.5, 0.6) is 5.75 Å². The first-order valence-electron chi connectivity index (χ1n) is 9.35. The zero-order chi connectivity index (χ0) is 18.1. The summed E-state index contributed by atoms with van der Waals surface area (Å²) in [7, 11) is 0. The minimum atomic E-state index is -0.00203. The van der Waals surface area contributed by atoms with Crippen LogP contribution >= 0.6 is 0 Å². The third-order valence-corrected chi connectivity index (χ3v) is 5.15. The minimum Gasteiger partial charge on any atom is -0.485 e. The van der Waals surface area contributed by atoms with Crippen LogP contribution in [0.4, 0.5) is 5.82 Å². The molecule has 2 aliphatic heterocycles. The van der Waals surface area contributed by atoms with Crippen LogP contribution < -0.4 is 9.64 Å². The number of carbonyl (C=O) groups excluding carboxylic acids is 1. The second-order valence-corrected chi connectivity index (χ2v) is 7.13. The van der Waals surface area contributed by atoms with Crippen LogP contribution in [0, 0.1) is 13.8 Å². The molecule has 6 heteroatoms. The number of anilines is 1. The van der Waals surface area contributed by atoms with Crippen molar-refractivity contribution in [3.63, 3.8) is 0 Å².